The van der Waals surface area contributed by atoms with Crippen molar-refractivity contribution in [2.45, 2.75) is 63.8 Å². The molecule has 5 nitrogen and oxygen atoms in total. The standard InChI is InChI=1S/C16H29N3O2/c1-2-3-10-18-14(20)13-7-6-11-19(12-13)15(21)16(17)8-4-5-9-16/h13H,2-12,17H2,1H3,(H,18,20). The van der Waals surface area contributed by atoms with Gasteiger partial charge in [-0.05, 0) is 32.1 Å². The zero-order valence-corrected chi connectivity index (χ0v) is 13.2. The van der Waals surface area contributed by atoms with E-state index in [0.717, 1.165) is 64.5 Å². The first kappa shape index (κ1) is 16.3. The van der Waals surface area contributed by atoms with Gasteiger partial charge in [-0.1, -0.05) is 26.2 Å². The molecular weight excluding hydrogens is 266 g/mol. The number of amides is 2. The van der Waals surface area contributed by atoms with Crippen LogP contribution in [-0.2, 0) is 9.59 Å². The number of nitrogens with zero attached hydrogens (tertiary/aromatic N) is 1. The first-order valence-electron chi connectivity index (χ1n) is 8.43. The Bertz CT molecular complexity index is 378. The normalized spacial score (nSPS) is 24.9. The van der Waals surface area contributed by atoms with Gasteiger partial charge in [0.1, 0.15) is 0 Å². The Morgan fingerprint density at radius 3 is 2.67 bits per heavy atom. The number of hydrogen-bond acceptors (Lipinski definition) is 3. The topological polar surface area (TPSA) is 75.4 Å². The summed E-state index contributed by atoms with van der Waals surface area (Å²) in [6.45, 7) is 4.13. The Hall–Kier alpha value is -1.10. The van der Waals surface area contributed by atoms with Gasteiger partial charge in [-0.15, -0.1) is 0 Å². The molecule has 1 atom stereocenters. The molecular formula is C16H29N3O2. The number of piperidine rings is 1. The molecule has 1 saturated heterocycles. The van der Waals surface area contributed by atoms with Gasteiger partial charge >= 0.3 is 0 Å². The molecule has 1 heterocycles. The number of likely N-dealkylation sites (tertiary alicyclic amines) is 1. The molecule has 5 heteroatoms. The highest BCUT2D eigenvalue weighted by Crippen LogP contribution is 2.30. The maximum Gasteiger partial charge on any atom is 0.242 e. The lowest BCUT2D eigenvalue weighted by atomic mass is 9.92. The number of rotatable bonds is 5. The predicted octanol–water partition coefficient (Wildman–Crippen LogP) is 1.41. The van der Waals surface area contributed by atoms with Crippen LogP contribution < -0.4 is 11.1 Å². The highest BCUT2D eigenvalue weighted by Gasteiger charge is 2.41. The lowest BCUT2D eigenvalue weighted by Gasteiger charge is -2.37. The molecule has 2 rings (SSSR count). The van der Waals surface area contributed by atoms with Crippen molar-refractivity contribution in [2.75, 3.05) is 19.6 Å². The Morgan fingerprint density at radius 1 is 1.29 bits per heavy atom. The number of nitrogens with two attached hydrogens (primary N) is 1. The zero-order valence-electron chi connectivity index (χ0n) is 13.2. The summed E-state index contributed by atoms with van der Waals surface area (Å²) < 4.78 is 0. The maximum atomic E-state index is 12.6. The van der Waals surface area contributed by atoms with E-state index in [0.29, 0.717) is 6.54 Å². The third-order valence-corrected chi connectivity index (χ3v) is 4.83. The van der Waals surface area contributed by atoms with Gasteiger partial charge in [0, 0.05) is 19.6 Å². The number of carbonyl (C=O) groups is 2. The molecule has 120 valence electrons. The second-order valence-electron chi connectivity index (χ2n) is 6.60. The molecule has 0 aromatic heterocycles. The first-order valence-corrected chi connectivity index (χ1v) is 8.43. The molecule has 0 bridgehead atoms. The average molecular weight is 295 g/mol. The van der Waals surface area contributed by atoms with Crippen molar-refractivity contribution < 1.29 is 9.59 Å². The van der Waals surface area contributed by atoms with Crippen molar-refractivity contribution >= 4 is 11.8 Å². The highest BCUT2D eigenvalue weighted by molar-refractivity contribution is 5.87. The highest BCUT2D eigenvalue weighted by atomic mass is 16.2. The van der Waals surface area contributed by atoms with Gasteiger partial charge < -0.3 is 16.0 Å². The van der Waals surface area contributed by atoms with Crippen LogP contribution in [0.25, 0.3) is 0 Å². The van der Waals surface area contributed by atoms with E-state index in [4.69, 9.17) is 5.73 Å². The first-order chi connectivity index (χ1) is 10.1. The van der Waals surface area contributed by atoms with Gasteiger partial charge in [0.25, 0.3) is 0 Å². The summed E-state index contributed by atoms with van der Waals surface area (Å²) in [6.07, 6.45) is 7.50. The summed E-state index contributed by atoms with van der Waals surface area (Å²) in [7, 11) is 0. The van der Waals surface area contributed by atoms with Crippen molar-refractivity contribution in [3.8, 4) is 0 Å². The average Bonchev–Trinajstić information content (AvgIpc) is 2.95. The van der Waals surface area contributed by atoms with E-state index >= 15 is 0 Å². The fourth-order valence-corrected chi connectivity index (χ4v) is 3.44. The second-order valence-corrected chi connectivity index (χ2v) is 6.60. The minimum atomic E-state index is -0.666. The molecule has 1 aliphatic carbocycles. The van der Waals surface area contributed by atoms with Crippen molar-refractivity contribution in [1.82, 2.24) is 10.2 Å². The number of nitrogens with one attached hydrogen (secondary N) is 1. The molecule has 0 aromatic carbocycles. The van der Waals surface area contributed by atoms with Crippen molar-refractivity contribution in [2.24, 2.45) is 11.7 Å². The van der Waals surface area contributed by atoms with Crippen molar-refractivity contribution in [1.29, 1.82) is 0 Å². The van der Waals surface area contributed by atoms with Crippen LogP contribution in [0.4, 0.5) is 0 Å². The molecule has 0 aromatic rings. The minimum absolute atomic E-state index is 0.0612. The summed E-state index contributed by atoms with van der Waals surface area (Å²) in [5.41, 5.74) is 5.60. The van der Waals surface area contributed by atoms with Gasteiger partial charge in [0.15, 0.2) is 0 Å². The van der Waals surface area contributed by atoms with Crippen LogP contribution in [0.1, 0.15) is 58.3 Å². The molecule has 2 amide bonds. The third kappa shape index (κ3) is 3.96. The predicted molar refractivity (Wildman–Crippen MR) is 82.6 cm³/mol. The van der Waals surface area contributed by atoms with E-state index in [1.165, 1.54) is 0 Å². The monoisotopic (exact) mass is 295 g/mol. The van der Waals surface area contributed by atoms with Crippen LogP contribution in [0, 0.1) is 5.92 Å². The quantitative estimate of drug-likeness (QED) is 0.753. The van der Waals surface area contributed by atoms with Crippen molar-refractivity contribution in [3.63, 3.8) is 0 Å². The van der Waals surface area contributed by atoms with Gasteiger partial charge in [-0.3, -0.25) is 9.59 Å². The molecule has 0 radical (unpaired) electrons. The second kappa shape index (κ2) is 7.25. The minimum Gasteiger partial charge on any atom is -0.356 e. The largest absolute Gasteiger partial charge is 0.356 e. The lowest BCUT2D eigenvalue weighted by Crippen LogP contribution is -2.56. The Morgan fingerprint density at radius 2 is 2.00 bits per heavy atom. The Balaban J connectivity index is 1.88. The number of unbranched alkanes of at least 4 members (excludes halogenated alkanes) is 1. The Labute approximate surface area is 127 Å². The molecule has 0 spiro atoms. The van der Waals surface area contributed by atoms with Crippen LogP contribution in [0.5, 0.6) is 0 Å². The summed E-state index contributed by atoms with van der Waals surface area (Å²) >= 11 is 0. The maximum absolute atomic E-state index is 12.6. The van der Waals surface area contributed by atoms with E-state index in [-0.39, 0.29) is 17.7 Å². The van der Waals surface area contributed by atoms with Crippen molar-refractivity contribution in [3.05, 3.63) is 0 Å². The molecule has 2 aliphatic rings. The summed E-state index contributed by atoms with van der Waals surface area (Å²) in [5, 5.41) is 2.98. The van der Waals surface area contributed by atoms with E-state index in [1.54, 1.807) is 0 Å². The van der Waals surface area contributed by atoms with Gasteiger partial charge in [-0.25, -0.2) is 0 Å². The zero-order chi connectivity index (χ0) is 15.3. The lowest BCUT2D eigenvalue weighted by molar-refractivity contribution is -0.140. The molecule has 2 fully saturated rings. The summed E-state index contributed by atoms with van der Waals surface area (Å²) in [6, 6.07) is 0. The van der Waals surface area contributed by atoms with Gasteiger partial charge in [-0.2, -0.15) is 0 Å². The number of hydrogen-bond donors (Lipinski definition) is 2. The smallest absolute Gasteiger partial charge is 0.242 e. The fourth-order valence-electron chi connectivity index (χ4n) is 3.44. The molecule has 1 saturated carbocycles. The summed E-state index contributed by atoms with van der Waals surface area (Å²) in [4.78, 5) is 26.6. The Kier molecular flexibility index (Phi) is 5.62. The third-order valence-electron chi connectivity index (χ3n) is 4.83. The van der Waals surface area contributed by atoms with Gasteiger partial charge in [0.2, 0.25) is 11.8 Å². The molecule has 1 aliphatic heterocycles. The summed E-state index contributed by atoms with van der Waals surface area (Å²) in [5.74, 6) is 0.0917. The van der Waals surface area contributed by atoms with Crippen LogP contribution in [-0.4, -0.2) is 41.9 Å². The van der Waals surface area contributed by atoms with Crippen LogP contribution in [0.15, 0.2) is 0 Å². The van der Waals surface area contributed by atoms with E-state index in [9.17, 15) is 9.59 Å². The van der Waals surface area contributed by atoms with E-state index in [2.05, 4.69) is 12.2 Å². The van der Waals surface area contributed by atoms with E-state index < -0.39 is 5.54 Å². The molecule has 21 heavy (non-hydrogen) atoms. The molecule has 3 N–H and O–H groups in total. The van der Waals surface area contributed by atoms with Gasteiger partial charge in [0.05, 0.1) is 11.5 Å². The van der Waals surface area contributed by atoms with Crippen LogP contribution in [0.2, 0.25) is 0 Å². The number of carbonyl (C=O) groups excluding carboxylic acids is 2. The molecule has 1 unspecified atom stereocenters. The van der Waals surface area contributed by atoms with Crippen LogP contribution >= 0.6 is 0 Å². The fraction of sp³-hybridized carbons (Fsp3) is 0.875. The SMILES string of the molecule is CCCCNC(=O)C1CCCN(C(=O)C2(N)CCCC2)C1. The van der Waals surface area contributed by atoms with Crippen LogP contribution in [0.3, 0.4) is 0 Å². The van der Waals surface area contributed by atoms with E-state index in [1.807, 2.05) is 4.90 Å².